The second-order valence-electron chi connectivity index (χ2n) is 12.4. The Morgan fingerprint density at radius 1 is 1.05 bits per heavy atom. The predicted molar refractivity (Wildman–Crippen MR) is 169 cm³/mol. The minimum absolute atomic E-state index is 0.167. The first-order valence-corrected chi connectivity index (χ1v) is 15.4. The highest BCUT2D eigenvalue weighted by Gasteiger charge is 2.29. The van der Waals surface area contributed by atoms with Crippen LogP contribution >= 0.6 is 23.2 Å². The van der Waals surface area contributed by atoms with Gasteiger partial charge in [0.15, 0.2) is 0 Å². The van der Waals surface area contributed by atoms with Crippen molar-refractivity contribution in [3.63, 3.8) is 0 Å². The average molecular weight is 604 g/mol. The molecule has 8 nitrogen and oxygen atoms in total. The number of anilines is 2. The number of aromatic nitrogens is 4. The standard InChI is InChI=1S/C32H36Cl2N8/c1-32(2,3)41-13-11-25(12-14-41)42-19-28(39-40-42)30(20-7-9-22(33)10-8-20)38-24-15-26-29(37-23-5-4-6-23)21(17-35)18-36-31(26)27(34)16-24/h7-10,15-16,18-19,23,25,30,38H,4-6,11-14H2,1-3H3,(H,36,37). The lowest BCUT2D eigenvalue weighted by atomic mass is 9.92. The summed E-state index contributed by atoms with van der Waals surface area (Å²) in [5.41, 5.74) is 4.74. The Bertz CT molecular complexity index is 1610. The molecule has 1 unspecified atom stereocenters. The molecule has 1 aliphatic heterocycles. The molecule has 0 amide bonds. The van der Waals surface area contributed by atoms with Gasteiger partial charge in [-0.05, 0) is 82.7 Å². The molecular weight excluding hydrogens is 567 g/mol. The molecule has 2 aromatic carbocycles. The molecule has 2 aliphatic rings. The molecule has 218 valence electrons. The molecule has 4 aromatic rings. The summed E-state index contributed by atoms with van der Waals surface area (Å²) >= 11 is 13.0. The third-order valence-electron chi connectivity index (χ3n) is 8.62. The van der Waals surface area contributed by atoms with Gasteiger partial charge in [0.1, 0.15) is 11.8 Å². The fourth-order valence-corrected chi connectivity index (χ4v) is 6.29. The summed E-state index contributed by atoms with van der Waals surface area (Å²) in [5.74, 6) is 0. The topological polar surface area (TPSA) is 94.7 Å². The number of benzene rings is 2. The molecule has 10 heteroatoms. The van der Waals surface area contributed by atoms with Crippen LogP contribution in [0.1, 0.15) is 81.8 Å². The van der Waals surface area contributed by atoms with E-state index in [-0.39, 0.29) is 11.6 Å². The van der Waals surface area contributed by atoms with Crippen LogP contribution in [0.4, 0.5) is 11.4 Å². The van der Waals surface area contributed by atoms with Crippen LogP contribution in [0.25, 0.3) is 10.9 Å². The maximum absolute atomic E-state index is 9.84. The third kappa shape index (κ3) is 5.92. The van der Waals surface area contributed by atoms with Crippen molar-refractivity contribution >= 4 is 45.5 Å². The van der Waals surface area contributed by atoms with Crippen molar-refractivity contribution in [1.82, 2.24) is 24.9 Å². The van der Waals surface area contributed by atoms with Crippen LogP contribution in [0.3, 0.4) is 0 Å². The Labute approximate surface area is 257 Å². The molecule has 0 spiro atoms. The first-order valence-electron chi connectivity index (χ1n) is 14.7. The van der Waals surface area contributed by atoms with Gasteiger partial charge in [0, 0.05) is 47.0 Å². The normalized spacial score (nSPS) is 17.5. The average Bonchev–Trinajstić information content (AvgIpc) is 3.44. The van der Waals surface area contributed by atoms with E-state index in [1.54, 1.807) is 6.20 Å². The second-order valence-corrected chi connectivity index (χ2v) is 13.3. The summed E-state index contributed by atoms with van der Waals surface area (Å²) in [6.07, 6.45) is 9.09. The smallest absolute Gasteiger partial charge is 0.109 e. The van der Waals surface area contributed by atoms with E-state index >= 15 is 0 Å². The number of likely N-dealkylation sites (tertiary alicyclic amines) is 1. The minimum atomic E-state index is -0.297. The Kier molecular flexibility index (Phi) is 8.01. The molecule has 0 bridgehead atoms. The number of piperidine rings is 1. The number of halogens is 2. The largest absolute Gasteiger partial charge is 0.381 e. The predicted octanol–water partition coefficient (Wildman–Crippen LogP) is 7.61. The van der Waals surface area contributed by atoms with Crippen LogP contribution in [-0.4, -0.2) is 49.5 Å². The summed E-state index contributed by atoms with van der Waals surface area (Å²) in [5, 5.41) is 28.3. The van der Waals surface area contributed by atoms with E-state index in [1.165, 1.54) is 6.42 Å². The molecule has 1 saturated heterocycles. The number of pyridine rings is 1. The fraction of sp³-hybridized carbons (Fsp3) is 0.438. The number of rotatable bonds is 7. The number of fused-ring (bicyclic) bond motifs is 1. The molecule has 2 fully saturated rings. The van der Waals surface area contributed by atoms with E-state index in [9.17, 15) is 5.26 Å². The highest BCUT2D eigenvalue weighted by molar-refractivity contribution is 6.36. The summed E-state index contributed by atoms with van der Waals surface area (Å²) in [4.78, 5) is 7.05. The Balaban J connectivity index is 1.33. The van der Waals surface area contributed by atoms with Crippen molar-refractivity contribution in [3.05, 3.63) is 75.7 Å². The molecule has 3 heterocycles. The van der Waals surface area contributed by atoms with Crippen molar-refractivity contribution in [1.29, 1.82) is 5.26 Å². The van der Waals surface area contributed by atoms with Gasteiger partial charge in [-0.1, -0.05) is 40.5 Å². The van der Waals surface area contributed by atoms with E-state index in [0.29, 0.717) is 33.2 Å². The molecule has 1 aliphatic carbocycles. The van der Waals surface area contributed by atoms with Gasteiger partial charge in [0.2, 0.25) is 0 Å². The van der Waals surface area contributed by atoms with Gasteiger partial charge >= 0.3 is 0 Å². The van der Waals surface area contributed by atoms with Crippen LogP contribution in [-0.2, 0) is 0 Å². The van der Waals surface area contributed by atoms with Gasteiger partial charge in [0.25, 0.3) is 0 Å². The highest BCUT2D eigenvalue weighted by atomic mass is 35.5. The second kappa shape index (κ2) is 11.7. The zero-order valence-corrected chi connectivity index (χ0v) is 25.8. The van der Waals surface area contributed by atoms with Crippen molar-refractivity contribution in [2.24, 2.45) is 0 Å². The molecular formula is C32H36Cl2N8. The van der Waals surface area contributed by atoms with E-state index in [2.05, 4.69) is 63.9 Å². The Morgan fingerprint density at radius 3 is 2.43 bits per heavy atom. The first-order chi connectivity index (χ1) is 20.2. The number of hydrogen-bond donors (Lipinski definition) is 2. The van der Waals surface area contributed by atoms with Gasteiger partial charge in [0.05, 0.1) is 40.1 Å². The van der Waals surface area contributed by atoms with E-state index in [4.69, 9.17) is 23.2 Å². The van der Waals surface area contributed by atoms with Crippen LogP contribution < -0.4 is 10.6 Å². The third-order valence-corrected chi connectivity index (χ3v) is 9.16. The zero-order valence-electron chi connectivity index (χ0n) is 24.2. The lowest BCUT2D eigenvalue weighted by Gasteiger charge is -2.40. The summed E-state index contributed by atoms with van der Waals surface area (Å²) in [6.45, 7) is 8.88. The number of nitrogens with one attached hydrogen (secondary N) is 2. The highest BCUT2D eigenvalue weighted by Crippen LogP contribution is 2.37. The number of nitrogens with zero attached hydrogens (tertiary/aromatic N) is 6. The van der Waals surface area contributed by atoms with Crippen LogP contribution in [0, 0.1) is 11.3 Å². The van der Waals surface area contributed by atoms with Crippen LogP contribution in [0.2, 0.25) is 10.0 Å². The van der Waals surface area contributed by atoms with E-state index in [0.717, 1.165) is 66.8 Å². The molecule has 1 saturated carbocycles. The molecule has 42 heavy (non-hydrogen) atoms. The minimum Gasteiger partial charge on any atom is -0.381 e. The summed E-state index contributed by atoms with van der Waals surface area (Å²) < 4.78 is 2.02. The van der Waals surface area contributed by atoms with Crippen molar-refractivity contribution < 1.29 is 0 Å². The number of nitriles is 1. The van der Waals surface area contributed by atoms with Crippen LogP contribution in [0.15, 0.2) is 48.8 Å². The lowest BCUT2D eigenvalue weighted by molar-refractivity contribution is 0.0866. The number of hydrogen-bond acceptors (Lipinski definition) is 7. The summed E-state index contributed by atoms with van der Waals surface area (Å²) in [7, 11) is 0. The SMILES string of the molecule is CC(C)(C)N1CCC(n2cc(C(Nc3cc(Cl)c4ncc(C#N)c(NC5CCC5)c4c3)c3ccc(Cl)cc3)nn2)CC1. The van der Waals surface area contributed by atoms with Crippen molar-refractivity contribution in [3.8, 4) is 6.07 Å². The molecule has 0 radical (unpaired) electrons. The van der Waals surface area contributed by atoms with Gasteiger partial charge < -0.3 is 10.6 Å². The Morgan fingerprint density at radius 2 is 1.79 bits per heavy atom. The van der Waals surface area contributed by atoms with Crippen molar-refractivity contribution in [2.45, 2.75) is 76.5 Å². The van der Waals surface area contributed by atoms with E-state index < -0.39 is 0 Å². The molecule has 6 rings (SSSR count). The van der Waals surface area contributed by atoms with E-state index in [1.807, 2.05) is 41.1 Å². The lowest BCUT2D eigenvalue weighted by Crippen LogP contribution is -2.46. The molecule has 1 atom stereocenters. The molecule has 2 N–H and O–H groups in total. The Hall–Kier alpha value is -3.38. The summed E-state index contributed by atoms with van der Waals surface area (Å²) in [6, 6.07) is 14.3. The van der Waals surface area contributed by atoms with Gasteiger partial charge in [-0.25, -0.2) is 4.68 Å². The molecule has 2 aromatic heterocycles. The quantitative estimate of drug-likeness (QED) is 0.225. The van der Waals surface area contributed by atoms with Crippen LogP contribution in [0.5, 0.6) is 0 Å². The monoisotopic (exact) mass is 602 g/mol. The zero-order chi connectivity index (χ0) is 29.4. The van der Waals surface area contributed by atoms with Gasteiger partial charge in [-0.15, -0.1) is 5.10 Å². The fourth-order valence-electron chi connectivity index (χ4n) is 5.89. The van der Waals surface area contributed by atoms with Gasteiger partial charge in [-0.3, -0.25) is 9.88 Å². The maximum Gasteiger partial charge on any atom is 0.109 e. The van der Waals surface area contributed by atoms with Crippen molar-refractivity contribution in [2.75, 3.05) is 23.7 Å². The first kappa shape index (κ1) is 28.7. The van der Waals surface area contributed by atoms with Gasteiger partial charge in [-0.2, -0.15) is 5.26 Å². The maximum atomic E-state index is 9.84.